The van der Waals surface area contributed by atoms with E-state index in [0.717, 1.165) is 57.8 Å². The Hall–Kier alpha value is -0.870. The third-order valence-electron chi connectivity index (χ3n) is 12.1. The molecule has 34 heavy (non-hydrogen) atoms. The van der Waals surface area contributed by atoms with Crippen LogP contribution in [-0.2, 0) is 9.53 Å². The number of aliphatic hydroxyl groups excluding tert-OH is 2. The molecular formula is C30H48O4. The second-order valence-electron chi connectivity index (χ2n) is 14.4. The first-order valence-corrected chi connectivity index (χ1v) is 14.1. The van der Waals surface area contributed by atoms with Crippen LogP contribution in [0, 0.1) is 45.3 Å². The Morgan fingerprint density at radius 1 is 1.00 bits per heavy atom. The van der Waals surface area contributed by atoms with Gasteiger partial charge in [0.2, 0.25) is 0 Å². The predicted molar refractivity (Wildman–Crippen MR) is 134 cm³/mol. The lowest BCUT2D eigenvalue weighted by molar-refractivity contribution is -0.172. The smallest absolute Gasteiger partial charge is 0.316 e. The lowest BCUT2D eigenvalue weighted by atomic mass is 9.40. The van der Waals surface area contributed by atoms with Crippen molar-refractivity contribution in [3.63, 3.8) is 0 Å². The van der Waals surface area contributed by atoms with Crippen LogP contribution in [0.25, 0.3) is 0 Å². The van der Waals surface area contributed by atoms with Crippen molar-refractivity contribution < 1.29 is 19.7 Å². The van der Waals surface area contributed by atoms with Crippen molar-refractivity contribution in [2.24, 2.45) is 45.3 Å². The minimum Gasteiger partial charge on any atom is -0.459 e. The lowest BCUT2D eigenvalue weighted by Crippen LogP contribution is -2.62. The highest BCUT2D eigenvalue weighted by atomic mass is 16.6. The van der Waals surface area contributed by atoms with E-state index < -0.39 is 17.1 Å². The van der Waals surface area contributed by atoms with Crippen LogP contribution in [0.15, 0.2) is 11.6 Å². The third kappa shape index (κ3) is 2.88. The monoisotopic (exact) mass is 472 g/mol. The van der Waals surface area contributed by atoms with E-state index in [1.165, 1.54) is 5.57 Å². The van der Waals surface area contributed by atoms with Crippen LogP contribution in [0.3, 0.4) is 0 Å². The van der Waals surface area contributed by atoms with E-state index in [1.54, 1.807) is 0 Å². The molecule has 4 aliphatic carbocycles. The van der Waals surface area contributed by atoms with Crippen LogP contribution in [0.1, 0.15) is 106 Å². The maximum atomic E-state index is 13.9. The summed E-state index contributed by atoms with van der Waals surface area (Å²) in [5.41, 5.74) is -0.361. The number of aliphatic hydroxyl groups is 2. The van der Waals surface area contributed by atoms with Gasteiger partial charge in [0.25, 0.3) is 0 Å². The molecule has 0 amide bonds. The Morgan fingerprint density at radius 3 is 2.38 bits per heavy atom. The molecule has 1 spiro atoms. The molecule has 1 aliphatic heterocycles. The number of ether oxygens (including phenoxy) is 1. The molecular weight excluding hydrogens is 424 g/mol. The molecule has 4 heteroatoms. The van der Waals surface area contributed by atoms with Gasteiger partial charge in [-0.25, -0.2) is 0 Å². The third-order valence-corrected chi connectivity index (χ3v) is 12.1. The number of allylic oxidation sites excluding steroid dienone is 1. The number of cyclic esters (lactones) is 1. The second kappa shape index (κ2) is 7.57. The molecule has 5 aliphatic rings. The van der Waals surface area contributed by atoms with Gasteiger partial charge in [-0.2, -0.15) is 0 Å². The summed E-state index contributed by atoms with van der Waals surface area (Å²) < 4.78 is 6.29. The predicted octanol–water partition coefficient (Wildman–Crippen LogP) is 6.05. The van der Waals surface area contributed by atoms with Crippen molar-refractivity contribution in [1.29, 1.82) is 0 Å². The Balaban J connectivity index is 1.55. The number of fused-ring (bicyclic) bond motifs is 4. The van der Waals surface area contributed by atoms with Crippen molar-refractivity contribution in [3.8, 4) is 0 Å². The van der Waals surface area contributed by atoms with E-state index in [0.29, 0.717) is 17.8 Å². The summed E-state index contributed by atoms with van der Waals surface area (Å²) >= 11 is 0. The van der Waals surface area contributed by atoms with E-state index >= 15 is 0 Å². The van der Waals surface area contributed by atoms with Gasteiger partial charge in [-0.15, -0.1) is 0 Å². The number of rotatable bonds is 4. The summed E-state index contributed by atoms with van der Waals surface area (Å²) in [7, 11) is 0. The summed E-state index contributed by atoms with van der Waals surface area (Å²) in [4.78, 5) is 13.9. The average Bonchev–Trinajstić information content (AvgIpc) is 3.19. The summed E-state index contributed by atoms with van der Waals surface area (Å²) in [6, 6.07) is 0. The Kier molecular flexibility index (Phi) is 5.52. The zero-order chi connectivity index (χ0) is 24.9. The Morgan fingerprint density at radius 2 is 1.71 bits per heavy atom. The molecule has 1 heterocycles. The van der Waals surface area contributed by atoms with E-state index in [4.69, 9.17) is 4.74 Å². The molecule has 0 bridgehead atoms. The van der Waals surface area contributed by atoms with Crippen molar-refractivity contribution in [1.82, 2.24) is 0 Å². The van der Waals surface area contributed by atoms with Crippen LogP contribution in [0.4, 0.5) is 0 Å². The highest BCUT2D eigenvalue weighted by molar-refractivity contribution is 5.84. The molecule has 0 radical (unpaired) electrons. The average molecular weight is 473 g/mol. The number of esters is 1. The van der Waals surface area contributed by atoms with Gasteiger partial charge in [0.05, 0.1) is 12.2 Å². The van der Waals surface area contributed by atoms with Crippen LogP contribution < -0.4 is 0 Å². The minimum atomic E-state index is -0.819. The van der Waals surface area contributed by atoms with Crippen molar-refractivity contribution >= 4 is 5.97 Å². The maximum Gasteiger partial charge on any atom is 0.316 e. The molecule has 4 nitrogen and oxygen atoms in total. The van der Waals surface area contributed by atoms with E-state index in [2.05, 4.69) is 54.5 Å². The minimum absolute atomic E-state index is 0.0294. The molecule has 0 aromatic heterocycles. The van der Waals surface area contributed by atoms with Gasteiger partial charge in [0, 0.05) is 5.92 Å². The summed E-state index contributed by atoms with van der Waals surface area (Å²) in [6.07, 6.45) is 9.97. The molecule has 4 fully saturated rings. The molecule has 9 atom stereocenters. The molecule has 0 aromatic carbocycles. The lowest BCUT2D eigenvalue weighted by Gasteiger charge is -2.63. The van der Waals surface area contributed by atoms with Gasteiger partial charge >= 0.3 is 5.97 Å². The van der Waals surface area contributed by atoms with Gasteiger partial charge in [0.15, 0.2) is 0 Å². The van der Waals surface area contributed by atoms with Crippen molar-refractivity contribution in [2.45, 2.75) is 124 Å². The van der Waals surface area contributed by atoms with Gasteiger partial charge in [-0.3, -0.25) is 4.79 Å². The highest BCUT2D eigenvalue weighted by Gasteiger charge is 2.78. The van der Waals surface area contributed by atoms with E-state index in [-0.39, 0.29) is 34.2 Å². The largest absolute Gasteiger partial charge is 0.459 e. The SMILES string of the molecule is CC(C)CCC[C@]1(C)OC(=O)[C@]23[C@H]1CC[C@@]2(C)[C@@H]1CC[C@H]2C(C)(C)[C@@H](O)CC[C@]2(C)C1=C[C@@H]3O. The van der Waals surface area contributed by atoms with Crippen LogP contribution >= 0.6 is 0 Å². The first-order chi connectivity index (χ1) is 15.7. The van der Waals surface area contributed by atoms with E-state index in [9.17, 15) is 15.0 Å². The highest BCUT2D eigenvalue weighted by Crippen LogP contribution is 2.75. The second-order valence-corrected chi connectivity index (χ2v) is 14.4. The fraction of sp³-hybridized carbons (Fsp3) is 0.900. The standard InChI is InChI=1S/C30H48O4/c1-18(2)9-8-14-29(7)22-12-16-28(6)19-10-11-21-26(3,4)23(31)13-15-27(21,5)20(19)17-24(32)30(22,28)25(33)34-29/h17-19,21-24,31-32H,8-16H2,1-7H3/t19-,21+,22+,23+,24+,27-,28+,29+,30-/m1/s1. The molecule has 0 unspecified atom stereocenters. The fourth-order valence-corrected chi connectivity index (χ4v) is 10.2. The van der Waals surface area contributed by atoms with Crippen molar-refractivity contribution in [3.05, 3.63) is 11.6 Å². The number of hydrogen-bond acceptors (Lipinski definition) is 4. The first kappa shape index (κ1) is 24.8. The van der Waals surface area contributed by atoms with Crippen LogP contribution in [0.2, 0.25) is 0 Å². The van der Waals surface area contributed by atoms with Crippen LogP contribution in [0.5, 0.6) is 0 Å². The topological polar surface area (TPSA) is 66.8 Å². The maximum absolute atomic E-state index is 13.9. The molecule has 192 valence electrons. The summed E-state index contributed by atoms with van der Waals surface area (Å²) in [5, 5.41) is 22.7. The Bertz CT molecular complexity index is 890. The molecule has 3 saturated carbocycles. The quantitative estimate of drug-likeness (QED) is 0.386. The van der Waals surface area contributed by atoms with Gasteiger partial charge < -0.3 is 14.9 Å². The van der Waals surface area contributed by atoms with Crippen LogP contribution in [-0.4, -0.2) is 34.0 Å². The van der Waals surface area contributed by atoms with E-state index in [1.807, 2.05) is 0 Å². The summed E-state index contributed by atoms with van der Waals surface area (Å²) in [5.74, 6) is 1.28. The van der Waals surface area contributed by atoms with Crippen molar-refractivity contribution in [2.75, 3.05) is 0 Å². The fourth-order valence-electron chi connectivity index (χ4n) is 10.2. The first-order valence-electron chi connectivity index (χ1n) is 14.1. The molecule has 0 aromatic rings. The molecule has 2 N–H and O–H groups in total. The van der Waals surface area contributed by atoms with Gasteiger partial charge in [-0.05, 0) is 92.3 Å². The van der Waals surface area contributed by atoms with Gasteiger partial charge in [-0.1, -0.05) is 59.6 Å². The number of carbonyl (C=O) groups excluding carboxylic acids is 1. The Labute approximate surface area is 206 Å². The van der Waals surface area contributed by atoms with Gasteiger partial charge in [0.1, 0.15) is 11.0 Å². The molecule has 5 rings (SSSR count). The normalized spacial score (nSPS) is 51.3. The zero-order valence-electron chi connectivity index (χ0n) is 22.6. The number of hydrogen-bond donors (Lipinski definition) is 2. The zero-order valence-corrected chi connectivity index (χ0v) is 22.6. The number of carbonyl (C=O) groups is 1. The molecule has 1 saturated heterocycles. The summed E-state index contributed by atoms with van der Waals surface area (Å²) in [6.45, 7) is 15.8.